The minimum atomic E-state index is 0.590. The third-order valence-corrected chi connectivity index (χ3v) is 3.87. The fourth-order valence-electron chi connectivity index (χ4n) is 1.83. The molecule has 1 atom stereocenters. The predicted molar refractivity (Wildman–Crippen MR) is 66.4 cm³/mol. The molecule has 0 radical (unpaired) electrons. The Morgan fingerprint density at radius 2 is 2.53 bits per heavy atom. The van der Waals surface area contributed by atoms with Crippen molar-refractivity contribution in [2.75, 3.05) is 18.8 Å². The molecule has 1 saturated heterocycles. The Morgan fingerprint density at radius 3 is 3.27 bits per heavy atom. The maximum absolute atomic E-state index is 5.86. The topological polar surface area (TPSA) is 16.1 Å². The van der Waals surface area contributed by atoms with Crippen LogP contribution in [0.2, 0.25) is 5.15 Å². The van der Waals surface area contributed by atoms with Crippen LogP contribution in [0.3, 0.4) is 0 Å². The molecule has 82 valence electrons. The maximum atomic E-state index is 5.86. The van der Waals surface area contributed by atoms with Crippen molar-refractivity contribution >= 4 is 23.4 Å². The van der Waals surface area contributed by atoms with Crippen LogP contribution in [0.15, 0.2) is 18.3 Å². The standard InChI is InChI=1S/C11H15ClN2S/c1-9-7-14(4-5-15-9)8-10-2-3-13-11(12)6-10/h2-3,6,9H,4-5,7-8H2,1H3. The van der Waals surface area contributed by atoms with Crippen molar-refractivity contribution in [2.24, 2.45) is 0 Å². The van der Waals surface area contributed by atoms with Crippen molar-refractivity contribution in [3.8, 4) is 0 Å². The highest BCUT2D eigenvalue weighted by Crippen LogP contribution is 2.19. The van der Waals surface area contributed by atoms with E-state index in [-0.39, 0.29) is 0 Å². The largest absolute Gasteiger partial charge is 0.297 e. The second-order valence-electron chi connectivity index (χ2n) is 3.90. The lowest BCUT2D eigenvalue weighted by Crippen LogP contribution is -2.35. The first-order valence-corrected chi connectivity index (χ1v) is 6.61. The van der Waals surface area contributed by atoms with Gasteiger partial charge in [0.2, 0.25) is 0 Å². The van der Waals surface area contributed by atoms with Gasteiger partial charge in [0.25, 0.3) is 0 Å². The minimum absolute atomic E-state index is 0.590. The summed E-state index contributed by atoms with van der Waals surface area (Å²) >= 11 is 7.91. The van der Waals surface area contributed by atoms with Crippen LogP contribution in [0.1, 0.15) is 12.5 Å². The second-order valence-corrected chi connectivity index (χ2v) is 5.84. The van der Waals surface area contributed by atoms with Gasteiger partial charge >= 0.3 is 0 Å². The van der Waals surface area contributed by atoms with Crippen molar-refractivity contribution in [2.45, 2.75) is 18.7 Å². The lowest BCUT2D eigenvalue weighted by Gasteiger charge is -2.30. The summed E-state index contributed by atoms with van der Waals surface area (Å²) in [5.41, 5.74) is 1.26. The number of rotatable bonds is 2. The van der Waals surface area contributed by atoms with Crippen LogP contribution in [0.4, 0.5) is 0 Å². The van der Waals surface area contributed by atoms with Crippen LogP contribution < -0.4 is 0 Å². The number of aromatic nitrogens is 1. The zero-order valence-electron chi connectivity index (χ0n) is 8.82. The summed E-state index contributed by atoms with van der Waals surface area (Å²) in [7, 11) is 0. The lowest BCUT2D eigenvalue weighted by atomic mass is 10.2. The van der Waals surface area contributed by atoms with E-state index in [1.807, 2.05) is 12.1 Å². The Kier molecular flexibility index (Phi) is 3.89. The molecule has 0 spiro atoms. The normalized spacial score (nSPS) is 22.9. The Labute approximate surface area is 100 Å². The maximum Gasteiger partial charge on any atom is 0.129 e. The van der Waals surface area contributed by atoms with E-state index in [4.69, 9.17) is 11.6 Å². The zero-order valence-corrected chi connectivity index (χ0v) is 10.4. The van der Waals surface area contributed by atoms with Crippen molar-refractivity contribution < 1.29 is 0 Å². The number of thioether (sulfide) groups is 1. The third kappa shape index (κ3) is 3.37. The van der Waals surface area contributed by atoms with Crippen LogP contribution in [0.5, 0.6) is 0 Å². The second kappa shape index (κ2) is 5.19. The first-order valence-electron chi connectivity index (χ1n) is 5.18. The zero-order chi connectivity index (χ0) is 10.7. The molecule has 1 aliphatic rings. The third-order valence-electron chi connectivity index (χ3n) is 2.52. The number of halogens is 1. The molecule has 1 aromatic rings. The molecule has 2 nitrogen and oxygen atoms in total. The van der Waals surface area contributed by atoms with Gasteiger partial charge in [-0.25, -0.2) is 4.98 Å². The van der Waals surface area contributed by atoms with Gasteiger partial charge in [0.1, 0.15) is 5.15 Å². The van der Waals surface area contributed by atoms with E-state index in [2.05, 4.69) is 28.6 Å². The first kappa shape index (κ1) is 11.2. The molecule has 0 aliphatic carbocycles. The Hall–Kier alpha value is -0.250. The summed E-state index contributed by atoms with van der Waals surface area (Å²) in [5.74, 6) is 1.24. The van der Waals surface area contributed by atoms with Gasteiger partial charge in [-0.3, -0.25) is 4.90 Å². The molecular weight excluding hydrogens is 228 g/mol. The number of hydrogen-bond donors (Lipinski definition) is 0. The predicted octanol–water partition coefficient (Wildman–Crippen LogP) is 2.67. The van der Waals surface area contributed by atoms with E-state index < -0.39 is 0 Å². The number of hydrogen-bond acceptors (Lipinski definition) is 3. The SMILES string of the molecule is CC1CN(Cc2ccnc(Cl)c2)CCS1. The molecule has 0 bridgehead atoms. The monoisotopic (exact) mass is 242 g/mol. The molecule has 1 fully saturated rings. The molecule has 0 N–H and O–H groups in total. The summed E-state index contributed by atoms with van der Waals surface area (Å²) in [6, 6.07) is 3.99. The van der Waals surface area contributed by atoms with Crippen LogP contribution in [0, 0.1) is 0 Å². The average molecular weight is 243 g/mol. The highest BCUT2D eigenvalue weighted by Gasteiger charge is 2.16. The van der Waals surface area contributed by atoms with Gasteiger partial charge in [-0.1, -0.05) is 18.5 Å². The Bertz CT molecular complexity index is 332. The molecule has 1 aliphatic heterocycles. The number of pyridine rings is 1. The molecule has 0 saturated carbocycles. The van der Waals surface area contributed by atoms with Gasteiger partial charge in [0, 0.05) is 36.8 Å². The average Bonchev–Trinajstić information content (AvgIpc) is 2.17. The van der Waals surface area contributed by atoms with E-state index in [0.717, 1.165) is 11.8 Å². The van der Waals surface area contributed by atoms with E-state index in [1.54, 1.807) is 6.20 Å². The van der Waals surface area contributed by atoms with Crippen LogP contribution in [0.25, 0.3) is 0 Å². The molecule has 15 heavy (non-hydrogen) atoms. The van der Waals surface area contributed by atoms with Gasteiger partial charge < -0.3 is 0 Å². The molecule has 2 heterocycles. The van der Waals surface area contributed by atoms with Gasteiger partial charge in [-0.2, -0.15) is 11.8 Å². The van der Waals surface area contributed by atoms with Crippen molar-refractivity contribution in [1.29, 1.82) is 0 Å². The fourth-order valence-corrected chi connectivity index (χ4v) is 3.11. The molecule has 1 unspecified atom stereocenters. The Morgan fingerprint density at radius 1 is 1.67 bits per heavy atom. The molecule has 0 amide bonds. The van der Waals surface area contributed by atoms with E-state index >= 15 is 0 Å². The first-order chi connectivity index (χ1) is 7.24. The van der Waals surface area contributed by atoms with Crippen LogP contribution in [-0.2, 0) is 6.54 Å². The molecular formula is C11H15ClN2S. The Balaban J connectivity index is 1.96. The van der Waals surface area contributed by atoms with E-state index in [0.29, 0.717) is 5.15 Å². The smallest absolute Gasteiger partial charge is 0.129 e. The van der Waals surface area contributed by atoms with Gasteiger partial charge in [0.15, 0.2) is 0 Å². The molecule has 1 aromatic heterocycles. The van der Waals surface area contributed by atoms with Crippen molar-refractivity contribution in [3.05, 3.63) is 29.0 Å². The summed E-state index contributed by atoms with van der Waals surface area (Å²) < 4.78 is 0. The van der Waals surface area contributed by atoms with Crippen molar-refractivity contribution in [1.82, 2.24) is 9.88 Å². The summed E-state index contributed by atoms with van der Waals surface area (Å²) in [6.07, 6.45) is 1.78. The fraction of sp³-hybridized carbons (Fsp3) is 0.545. The minimum Gasteiger partial charge on any atom is -0.297 e. The van der Waals surface area contributed by atoms with E-state index in [9.17, 15) is 0 Å². The molecule has 0 aromatic carbocycles. The lowest BCUT2D eigenvalue weighted by molar-refractivity contribution is 0.278. The van der Waals surface area contributed by atoms with Gasteiger partial charge in [-0.05, 0) is 17.7 Å². The van der Waals surface area contributed by atoms with Gasteiger partial charge in [-0.15, -0.1) is 0 Å². The molecule has 4 heteroatoms. The highest BCUT2D eigenvalue weighted by atomic mass is 35.5. The molecule has 2 rings (SSSR count). The van der Waals surface area contributed by atoms with Gasteiger partial charge in [0.05, 0.1) is 0 Å². The van der Waals surface area contributed by atoms with Crippen LogP contribution in [-0.4, -0.2) is 34.0 Å². The summed E-state index contributed by atoms with van der Waals surface area (Å²) in [6.45, 7) is 5.63. The highest BCUT2D eigenvalue weighted by molar-refractivity contribution is 7.99. The van der Waals surface area contributed by atoms with E-state index in [1.165, 1.54) is 24.4 Å². The summed E-state index contributed by atoms with van der Waals surface area (Å²) in [4.78, 5) is 6.47. The number of nitrogens with zero attached hydrogens (tertiary/aromatic N) is 2. The summed E-state index contributed by atoms with van der Waals surface area (Å²) in [5, 5.41) is 1.34. The quantitative estimate of drug-likeness (QED) is 0.742. The van der Waals surface area contributed by atoms with Crippen LogP contribution >= 0.6 is 23.4 Å². The van der Waals surface area contributed by atoms with Crippen molar-refractivity contribution in [3.63, 3.8) is 0 Å².